The molecule has 0 spiro atoms. The summed E-state index contributed by atoms with van der Waals surface area (Å²) in [4.78, 5) is 60.7. The molecule has 0 bridgehead atoms. The van der Waals surface area contributed by atoms with E-state index in [2.05, 4.69) is 5.32 Å². The van der Waals surface area contributed by atoms with E-state index in [4.69, 9.17) is 0 Å². The minimum atomic E-state index is -5.57. The highest BCUT2D eigenvalue weighted by molar-refractivity contribution is 7.92. The molecule has 0 aliphatic carbocycles. The van der Waals surface area contributed by atoms with E-state index in [1.54, 1.807) is 0 Å². The van der Waals surface area contributed by atoms with Crippen molar-refractivity contribution < 1.29 is 45.6 Å². The third-order valence-corrected chi connectivity index (χ3v) is 6.67. The zero-order valence-electron chi connectivity index (χ0n) is 16.7. The summed E-state index contributed by atoms with van der Waals surface area (Å²) in [5.74, 6) is -3.87. The maximum atomic E-state index is 12.7. The van der Waals surface area contributed by atoms with Gasteiger partial charge in [-0.25, -0.2) is 8.42 Å². The number of alkyl halides is 3. The smallest absolute Gasteiger partial charge is 0.322 e. The molecule has 1 unspecified atom stereocenters. The van der Waals surface area contributed by atoms with E-state index in [-0.39, 0.29) is 28.8 Å². The molecular formula is C20H12F3N3O7S. The number of imide groups is 2. The maximum absolute atomic E-state index is 12.7. The molecule has 2 aromatic rings. The van der Waals surface area contributed by atoms with Crippen molar-refractivity contribution in [2.24, 2.45) is 0 Å². The quantitative estimate of drug-likeness (QED) is 0.607. The molecule has 0 radical (unpaired) electrons. The van der Waals surface area contributed by atoms with Crippen LogP contribution in [0.5, 0.6) is 0 Å². The fourth-order valence-corrected chi connectivity index (χ4v) is 4.25. The van der Waals surface area contributed by atoms with Crippen molar-refractivity contribution in [1.29, 1.82) is 0 Å². The summed E-state index contributed by atoms with van der Waals surface area (Å²) >= 11 is 0. The summed E-state index contributed by atoms with van der Waals surface area (Å²) in [5, 5.41) is 4.39. The number of anilines is 1. The Balaban J connectivity index is 1.54. The molecule has 2 aliphatic rings. The predicted molar refractivity (Wildman–Crippen MR) is 106 cm³/mol. The van der Waals surface area contributed by atoms with Crippen LogP contribution in [0, 0.1) is 0 Å². The van der Waals surface area contributed by atoms with Gasteiger partial charge in [-0.2, -0.15) is 13.2 Å². The summed E-state index contributed by atoms with van der Waals surface area (Å²) in [5.41, 5.74) is -5.79. The minimum absolute atomic E-state index is 0.0446. The first-order chi connectivity index (χ1) is 15.8. The maximum Gasteiger partial charge on any atom is 0.501 e. The van der Waals surface area contributed by atoms with Crippen LogP contribution in [0.25, 0.3) is 0 Å². The van der Waals surface area contributed by atoms with Gasteiger partial charge < -0.3 is 5.32 Å². The SMILES string of the molecule is O=C1CC(N2C(=O)c3ccc(NC(=O)c4ccc(S(=O)(=O)C(F)(F)F)cc4)cc3C2=O)C(=O)N1. The summed E-state index contributed by atoms with van der Waals surface area (Å²) in [6.07, 6.45) is -0.367. The van der Waals surface area contributed by atoms with Gasteiger partial charge in [-0.15, -0.1) is 0 Å². The van der Waals surface area contributed by atoms with E-state index < -0.39 is 55.8 Å². The van der Waals surface area contributed by atoms with Gasteiger partial charge >= 0.3 is 5.51 Å². The van der Waals surface area contributed by atoms with Crippen LogP contribution >= 0.6 is 0 Å². The Kier molecular flexibility index (Phi) is 5.27. The Bertz CT molecular complexity index is 1390. The van der Waals surface area contributed by atoms with Crippen LogP contribution < -0.4 is 10.6 Å². The highest BCUT2D eigenvalue weighted by Crippen LogP contribution is 2.31. The molecule has 2 aliphatic heterocycles. The molecule has 1 saturated heterocycles. The van der Waals surface area contributed by atoms with Gasteiger partial charge in [0, 0.05) is 11.3 Å². The Labute approximate surface area is 188 Å². The number of carbonyl (C=O) groups excluding carboxylic acids is 5. The summed E-state index contributed by atoms with van der Waals surface area (Å²) in [6.45, 7) is 0. The average molecular weight is 495 g/mol. The van der Waals surface area contributed by atoms with Gasteiger partial charge in [0.25, 0.3) is 27.6 Å². The molecule has 0 saturated carbocycles. The lowest BCUT2D eigenvalue weighted by atomic mass is 10.1. The van der Waals surface area contributed by atoms with Crippen LogP contribution in [0.15, 0.2) is 47.4 Å². The fraction of sp³-hybridized carbons (Fsp3) is 0.150. The molecule has 176 valence electrons. The first-order valence-corrected chi connectivity index (χ1v) is 10.9. The number of hydrogen-bond donors (Lipinski definition) is 2. The molecule has 1 atom stereocenters. The number of hydrogen-bond acceptors (Lipinski definition) is 7. The van der Waals surface area contributed by atoms with Gasteiger partial charge in [-0.1, -0.05) is 0 Å². The van der Waals surface area contributed by atoms with Gasteiger partial charge in [0.05, 0.1) is 22.4 Å². The second kappa shape index (κ2) is 7.76. The van der Waals surface area contributed by atoms with E-state index in [9.17, 15) is 45.6 Å². The lowest BCUT2D eigenvalue weighted by Crippen LogP contribution is -2.44. The van der Waals surface area contributed by atoms with Crippen molar-refractivity contribution in [2.45, 2.75) is 22.9 Å². The highest BCUT2D eigenvalue weighted by Gasteiger charge is 2.47. The van der Waals surface area contributed by atoms with Gasteiger partial charge in [0.2, 0.25) is 11.8 Å². The van der Waals surface area contributed by atoms with Crippen LogP contribution in [0.4, 0.5) is 18.9 Å². The van der Waals surface area contributed by atoms with Gasteiger partial charge in [-0.3, -0.25) is 34.2 Å². The molecule has 2 aromatic carbocycles. The number of sulfone groups is 1. The Morgan fingerprint density at radius 2 is 1.59 bits per heavy atom. The van der Waals surface area contributed by atoms with Crippen LogP contribution in [0.1, 0.15) is 37.5 Å². The lowest BCUT2D eigenvalue weighted by Gasteiger charge is -2.18. The van der Waals surface area contributed by atoms with Crippen molar-refractivity contribution in [3.63, 3.8) is 0 Å². The van der Waals surface area contributed by atoms with Gasteiger partial charge in [-0.05, 0) is 42.5 Å². The first-order valence-electron chi connectivity index (χ1n) is 9.39. The number of halogens is 3. The zero-order chi connectivity index (χ0) is 25.0. The molecule has 4 rings (SSSR count). The van der Waals surface area contributed by atoms with Crippen molar-refractivity contribution in [3.8, 4) is 0 Å². The highest BCUT2D eigenvalue weighted by atomic mass is 32.2. The molecule has 5 amide bonds. The van der Waals surface area contributed by atoms with Crippen molar-refractivity contribution in [3.05, 3.63) is 59.2 Å². The van der Waals surface area contributed by atoms with Crippen molar-refractivity contribution in [2.75, 3.05) is 5.32 Å². The number of fused-ring (bicyclic) bond motifs is 1. The number of rotatable bonds is 4. The normalized spacial score (nSPS) is 18.2. The van der Waals surface area contributed by atoms with E-state index in [0.29, 0.717) is 17.0 Å². The summed E-state index contributed by atoms with van der Waals surface area (Å²) < 4.78 is 60.8. The molecule has 14 heteroatoms. The predicted octanol–water partition coefficient (Wildman–Crippen LogP) is 1.24. The number of nitrogens with one attached hydrogen (secondary N) is 2. The van der Waals surface area contributed by atoms with E-state index in [1.165, 1.54) is 18.2 Å². The van der Waals surface area contributed by atoms with Gasteiger partial charge in [0.15, 0.2) is 0 Å². The van der Waals surface area contributed by atoms with Gasteiger partial charge in [0.1, 0.15) is 6.04 Å². The fourth-order valence-electron chi connectivity index (χ4n) is 3.49. The lowest BCUT2D eigenvalue weighted by molar-refractivity contribution is -0.125. The van der Waals surface area contributed by atoms with E-state index >= 15 is 0 Å². The Morgan fingerprint density at radius 1 is 0.971 bits per heavy atom. The van der Waals surface area contributed by atoms with E-state index in [1.807, 2.05) is 5.32 Å². The molecule has 2 heterocycles. The first kappa shape index (κ1) is 23.1. The molecule has 0 aromatic heterocycles. The molecule has 34 heavy (non-hydrogen) atoms. The Morgan fingerprint density at radius 3 is 2.15 bits per heavy atom. The summed E-state index contributed by atoms with van der Waals surface area (Å²) in [7, 11) is -5.57. The van der Waals surface area contributed by atoms with Crippen molar-refractivity contribution >= 4 is 45.1 Å². The largest absolute Gasteiger partial charge is 0.501 e. The molecule has 10 nitrogen and oxygen atoms in total. The standard InChI is InChI=1S/C20H12F3N3O7S/c21-20(22,23)34(32,33)11-4-1-9(2-5-11)16(28)24-10-3-6-12-13(7-10)19(31)26(18(12)30)14-8-15(27)25-17(14)29/h1-7,14H,8H2,(H,24,28)(H,25,27,29). The van der Waals surface area contributed by atoms with Crippen molar-refractivity contribution in [1.82, 2.24) is 10.2 Å². The number of amides is 5. The number of carbonyl (C=O) groups is 5. The average Bonchev–Trinajstić information content (AvgIpc) is 3.21. The topological polar surface area (TPSA) is 147 Å². The third-order valence-electron chi connectivity index (χ3n) is 5.16. The molecule has 2 N–H and O–H groups in total. The Hall–Kier alpha value is -4.07. The monoisotopic (exact) mass is 495 g/mol. The van der Waals surface area contributed by atoms with Crippen LogP contribution in [0.2, 0.25) is 0 Å². The zero-order valence-corrected chi connectivity index (χ0v) is 17.5. The summed E-state index contributed by atoms with van der Waals surface area (Å²) in [6, 6.07) is 5.44. The molecule has 1 fully saturated rings. The van der Waals surface area contributed by atoms with E-state index in [0.717, 1.165) is 12.1 Å². The second-order valence-corrected chi connectivity index (χ2v) is 9.24. The number of benzene rings is 2. The minimum Gasteiger partial charge on any atom is -0.322 e. The third kappa shape index (κ3) is 3.71. The van der Waals surface area contributed by atoms with Crippen LogP contribution in [-0.4, -0.2) is 54.4 Å². The number of nitrogens with zero attached hydrogens (tertiary/aromatic N) is 1. The molecular weight excluding hydrogens is 483 g/mol. The second-order valence-electron chi connectivity index (χ2n) is 7.30. The van der Waals surface area contributed by atoms with Crippen LogP contribution in [-0.2, 0) is 19.4 Å². The van der Waals surface area contributed by atoms with Crippen LogP contribution in [0.3, 0.4) is 0 Å².